The lowest BCUT2D eigenvalue weighted by molar-refractivity contribution is 0.0393. The van der Waals surface area contributed by atoms with Crippen LogP contribution < -0.4 is 10.5 Å². The molecule has 2 N–H and O–H groups in total. The maximum atomic E-state index is 12.5. The minimum absolute atomic E-state index is 0.179. The van der Waals surface area contributed by atoms with Crippen LogP contribution in [0.15, 0.2) is 23.1 Å². The molecular formula is C12H18N2O4S. The minimum atomic E-state index is -3.54. The molecule has 1 aromatic rings. The van der Waals surface area contributed by atoms with Gasteiger partial charge >= 0.3 is 0 Å². The fourth-order valence-electron chi connectivity index (χ4n) is 2.08. The fourth-order valence-corrected chi connectivity index (χ4v) is 3.71. The van der Waals surface area contributed by atoms with Crippen LogP contribution in [-0.4, -0.2) is 45.6 Å². The Kier molecular flexibility index (Phi) is 3.98. The van der Waals surface area contributed by atoms with Gasteiger partial charge in [0, 0.05) is 12.6 Å². The molecule has 0 aromatic heterocycles. The molecule has 0 radical (unpaired) electrons. The second-order valence-corrected chi connectivity index (χ2v) is 6.33. The lowest BCUT2D eigenvalue weighted by Crippen LogP contribution is -2.46. The van der Waals surface area contributed by atoms with Crippen LogP contribution in [0.25, 0.3) is 0 Å². The molecule has 1 heterocycles. The maximum absolute atomic E-state index is 12.5. The van der Waals surface area contributed by atoms with Crippen molar-refractivity contribution in [2.75, 3.05) is 32.6 Å². The summed E-state index contributed by atoms with van der Waals surface area (Å²) < 4.78 is 36.8. The van der Waals surface area contributed by atoms with Crippen molar-refractivity contribution in [2.45, 2.75) is 17.9 Å². The van der Waals surface area contributed by atoms with E-state index >= 15 is 0 Å². The van der Waals surface area contributed by atoms with Crippen molar-refractivity contribution in [3.05, 3.63) is 18.2 Å². The number of hydrogen-bond acceptors (Lipinski definition) is 5. The first-order valence-electron chi connectivity index (χ1n) is 6.00. The van der Waals surface area contributed by atoms with Crippen molar-refractivity contribution in [1.82, 2.24) is 4.31 Å². The smallest absolute Gasteiger partial charge is 0.243 e. The molecule has 1 aliphatic rings. The van der Waals surface area contributed by atoms with Crippen molar-refractivity contribution in [3.63, 3.8) is 0 Å². The predicted octanol–water partition coefficient (Wildman–Crippen LogP) is 0.687. The van der Waals surface area contributed by atoms with Crippen molar-refractivity contribution in [1.29, 1.82) is 0 Å². The van der Waals surface area contributed by atoms with Gasteiger partial charge < -0.3 is 15.2 Å². The van der Waals surface area contributed by atoms with E-state index in [-0.39, 0.29) is 10.9 Å². The van der Waals surface area contributed by atoms with Gasteiger partial charge in [0.15, 0.2) is 0 Å². The third kappa shape index (κ3) is 2.68. The van der Waals surface area contributed by atoms with Crippen LogP contribution in [0, 0.1) is 0 Å². The van der Waals surface area contributed by atoms with E-state index in [2.05, 4.69) is 0 Å². The topological polar surface area (TPSA) is 81.9 Å². The second kappa shape index (κ2) is 5.36. The summed E-state index contributed by atoms with van der Waals surface area (Å²) >= 11 is 0. The Bertz CT molecular complexity index is 559. The summed E-state index contributed by atoms with van der Waals surface area (Å²) in [6.07, 6.45) is 0. The van der Waals surface area contributed by atoms with Gasteiger partial charge in [-0.3, -0.25) is 0 Å². The van der Waals surface area contributed by atoms with Crippen LogP contribution in [0.4, 0.5) is 5.69 Å². The zero-order valence-corrected chi connectivity index (χ0v) is 11.8. The number of hydrogen-bond donors (Lipinski definition) is 1. The van der Waals surface area contributed by atoms with E-state index in [0.29, 0.717) is 31.2 Å². The van der Waals surface area contributed by atoms with Gasteiger partial charge in [0.25, 0.3) is 0 Å². The molecule has 0 spiro atoms. The van der Waals surface area contributed by atoms with E-state index in [1.165, 1.54) is 23.5 Å². The molecule has 0 amide bonds. The quantitative estimate of drug-likeness (QED) is 0.827. The standard InChI is InChI=1S/C12H18N2O4S/c1-9-8-18-6-5-14(9)19(15,16)10-3-4-12(17-2)11(13)7-10/h3-4,7,9H,5-6,8,13H2,1-2H3. The Morgan fingerprint density at radius 2 is 2.21 bits per heavy atom. The summed E-state index contributed by atoms with van der Waals surface area (Å²) in [5, 5.41) is 0. The highest BCUT2D eigenvalue weighted by molar-refractivity contribution is 7.89. The van der Waals surface area contributed by atoms with Crippen LogP contribution in [0.1, 0.15) is 6.92 Å². The highest BCUT2D eigenvalue weighted by atomic mass is 32.2. The number of nitrogens with zero attached hydrogens (tertiary/aromatic N) is 1. The zero-order chi connectivity index (χ0) is 14.0. The van der Waals surface area contributed by atoms with Crippen LogP contribution in [0.2, 0.25) is 0 Å². The lowest BCUT2D eigenvalue weighted by Gasteiger charge is -2.32. The monoisotopic (exact) mass is 286 g/mol. The Morgan fingerprint density at radius 3 is 2.79 bits per heavy atom. The van der Waals surface area contributed by atoms with Crippen molar-refractivity contribution >= 4 is 15.7 Å². The highest BCUT2D eigenvalue weighted by Crippen LogP contribution is 2.27. The van der Waals surface area contributed by atoms with Gasteiger partial charge in [-0.2, -0.15) is 4.31 Å². The Labute approximate surface area is 113 Å². The molecule has 6 nitrogen and oxygen atoms in total. The normalized spacial score (nSPS) is 21.3. The number of ether oxygens (including phenoxy) is 2. The lowest BCUT2D eigenvalue weighted by atomic mass is 10.3. The largest absolute Gasteiger partial charge is 0.495 e. The molecule has 1 fully saturated rings. The Morgan fingerprint density at radius 1 is 1.47 bits per heavy atom. The molecule has 1 atom stereocenters. The van der Waals surface area contributed by atoms with Crippen LogP contribution in [-0.2, 0) is 14.8 Å². The van der Waals surface area contributed by atoms with E-state index in [4.69, 9.17) is 15.2 Å². The highest BCUT2D eigenvalue weighted by Gasteiger charge is 2.31. The van der Waals surface area contributed by atoms with Gasteiger partial charge in [0.1, 0.15) is 5.75 Å². The molecule has 0 saturated carbocycles. The number of sulfonamides is 1. The van der Waals surface area contributed by atoms with Crippen molar-refractivity contribution in [2.24, 2.45) is 0 Å². The molecular weight excluding hydrogens is 268 g/mol. The van der Waals surface area contributed by atoms with Crippen molar-refractivity contribution in [3.8, 4) is 5.75 Å². The number of nitrogen functional groups attached to an aromatic ring is 1. The predicted molar refractivity (Wildman–Crippen MR) is 71.6 cm³/mol. The summed E-state index contributed by atoms with van der Waals surface area (Å²) in [6.45, 7) is 3.00. The second-order valence-electron chi connectivity index (χ2n) is 4.44. The summed E-state index contributed by atoms with van der Waals surface area (Å²) in [6, 6.07) is 4.32. The average Bonchev–Trinajstić information content (AvgIpc) is 2.39. The average molecular weight is 286 g/mol. The molecule has 1 saturated heterocycles. The molecule has 1 aliphatic heterocycles. The molecule has 1 unspecified atom stereocenters. The first-order chi connectivity index (χ1) is 8.96. The molecule has 7 heteroatoms. The summed E-state index contributed by atoms with van der Waals surface area (Å²) in [4.78, 5) is 0.180. The van der Waals surface area contributed by atoms with E-state index in [1.54, 1.807) is 6.07 Å². The number of rotatable bonds is 3. The molecule has 0 bridgehead atoms. The third-order valence-electron chi connectivity index (χ3n) is 3.11. The number of morpholine rings is 1. The van der Waals surface area contributed by atoms with E-state index in [9.17, 15) is 8.42 Å². The summed E-state index contributed by atoms with van der Waals surface area (Å²) in [5.74, 6) is 0.467. The third-order valence-corrected chi connectivity index (χ3v) is 5.12. The van der Waals surface area contributed by atoms with E-state index in [0.717, 1.165) is 0 Å². The van der Waals surface area contributed by atoms with Gasteiger partial charge in [0.05, 0.1) is 30.9 Å². The van der Waals surface area contributed by atoms with Crippen LogP contribution in [0.3, 0.4) is 0 Å². The van der Waals surface area contributed by atoms with E-state index in [1.807, 2.05) is 6.92 Å². The molecule has 0 aliphatic carbocycles. The van der Waals surface area contributed by atoms with Gasteiger partial charge in [-0.1, -0.05) is 0 Å². The van der Waals surface area contributed by atoms with Crippen LogP contribution in [0.5, 0.6) is 5.75 Å². The van der Waals surface area contributed by atoms with Gasteiger partial charge in [-0.05, 0) is 25.1 Å². The summed E-state index contributed by atoms with van der Waals surface area (Å²) in [7, 11) is -2.05. The van der Waals surface area contributed by atoms with Gasteiger partial charge in [-0.15, -0.1) is 0 Å². The Hall–Kier alpha value is -1.31. The summed E-state index contributed by atoms with van der Waals surface area (Å²) in [5.41, 5.74) is 6.07. The number of benzene rings is 1. The number of nitrogens with two attached hydrogens (primary N) is 1. The molecule has 2 rings (SSSR count). The van der Waals surface area contributed by atoms with Gasteiger partial charge in [-0.25, -0.2) is 8.42 Å². The maximum Gasteiger partial charge on any atom is 0.243 e. The number of anilines is 1. The number of methoxy groups -OCH3 is 1. The first-order valence-corrected chi connectivity index (χ1v) is 7.44. The van der Waals surface area contributed by atoms with Crippen LogP contribution >= 0.6 is 0 Å². The molecule has 106 valence electrons. The van der Waals surface area contributed by atoms with Crippen molar-refractivity contribution < 1.29 is 17.9 Å². The SMILES string of the molecule is COc1ccc(S(=O)(=O)N2CCOCC2C)cc1N. The molecule has 1 aromatic carbocycles. The molecule has 19 heavy (non-hydrogen) atoms. The minimum Gasteiger partial charge on any atom is -0.495 e. The first kappa shape index (κ1) is 14.1. The van der Waals surface area contributed by atoms with Gasteiger partial charge in [0.2, 0.25) is 10.0 Å². The zero-order valence-electron chi connectivity index (χ0n) is 11.0. The van der Waals surface area contributed by atoms with E-state index < -0.39 is 10.0 Å². The Balaban J connectivity index is 2.36. The fraction of sp³-hybridized carbons (Fsp3) is 0.500.